The van der Waals surface area contributed by atoms with Crippen LogP contribution in [-0.2, 0) is 16.1 Å². The molecule has 2 aliphatic heterocycles. The summed E-state index contributed by atoms with van der Waals surface area (Å²) in [7, 11) is 0. The number of nitriles is 1. The van der Waals surface area contributed by atoms with Gasteiger partial charge < -0.3 is 10.0 Å². The first-order valence-electron chi connectivity index (χ1n) is 12.2. The van der Waals surface area contributed by atoms with Gasteiger partial charge in [-0.3, -0.25) is 23.9 Å². The van der Waals surface area contributed by atoms with Crippen LogP contribution in [0.4, 0.5) is 5.82 Å². The van der Waals surface area contributed by atoms with Crippen molar-refractivity contribution in [2.24, 2.45) is 0 Å². The van der Waals surface area contributed by atoms with E-state index in [0.29, 0.717) is 33.3 Å². The van der Waals surface area contributed by atoms with Gasteiger partial charge >= 0.3 is 5.97 Å². The summed E-state index contributed by atoms with van der Waals surface area (Å²) in [6.45, 7) is 6.21. The molecule has 0 radical (unpaired) electrons. The molecule has 0 saturated carbocycles. The normalized spacial score (nSPS) is 17.7. The monoisotopic (exact) mass is 516 g/mol. The molecule has 2 saturated heterocycles. The lowest BCUT2D eigenvalue weighted by molar-refractivity contribution is -0.137. The molecule has 1 N–H and O–H groups in total. The van der Waals surface area contributed by atoms with Gasteiger partial charge in [-0.1, -0.05) is 50.2 Å². The highest BCUT2D eigenvalue weighted by molar-refractivity contribution is 8.26. The molecule has 3 heterocycles. The van der Waals surface area contributed by atoms with Gasteiger partial charge in [0.05, 0.1) is 4.91 Å². The summed E-state index contributed by atoms with van der Waals surface area (Å²) in [6, 6.07) is 2.09. The van der Waals surface area contributed by atoms with Crippen molar-refractivity contribution in [1.82, 2.24) is 9.47 Å². The summed E-state index contributed by atoms with van der Waals surface area (Å²) >= 11 is 6.59. The lowest BCUT2D eigenvalue weighted by Gasteiger charge is -2.29. The number of anilines is 1. The highest BCUT2D eigenvalue weighted by Gasteiger charge is 2.33. The second kappa shape index (κ2) is 12.4. The largest absolute Gasteiger partial charge is 0.481 e. The molecule has 0 atom stereocenters. The third-order valence-electron chi connectivity index (χ3n) is 6.41. The standard InChI is InChI=1S/C25H32N4O4S2/c1-3-4-13-28-22(27-11-7-5-6-8-12-27)18(17(2)19(16-26)23(28)32)15-20-24(33)29(25(34)35-20)14-9-10-21(30)31/h15H,3-14H2,1-2H3,(H,30,31)/b20-15+. The van der Waals surface area contributed by atoms with Crippen LogP contribution in [0.1, 0.15) is 75.0 Å². The number of thiocarbonyl (C=S) groups is 1. The number of rotatable bonds is 9. The first-order chi connectivity index (χ1) is 16.8. The van der Waals surface area contributed by atoms with E-state index in [4.69, 9.17) is 17.3 Å². The smallest absolute Gasteiger partial charge is 0.303 e. The molecule has 35 heavy (non-hydrogen) atoms. The zero-order valence-corrected chi connectivity index (χ0v) is 22.0. The van der Waals surface area contributed by atoms with Gasteiger partial charge in [0.1, 0.15) is 21.8 Å². The Hall–Kier alpha value is -2.64. The maximum absolute atomic E-state index is 13.4. The highest BCUT2D eigenvalue weighted by Crippen LogP contribution is 2.36. The molecule has 8 nitrogen and oxygen atoms in total. The zero-order valence-electron chi connectivity index (χ0n) is 20.3. The number of pyridine rings is 1. The van der Waals surface area contributed by atoms with E-state index in [1.165, 1.54) is 16.7 Å². The molecule has 1 aromatic rings. The Kier molecular flexibility index (Phi) is 9.52. The summed E-state index contributed by atoms with van der Waals surface area (Å²) in [5.41, 5.74) is 1.10. The van der Waals surface area contributed by atoms with Crippen LogP contribution in [0.5, 0.6) is 0 Å². The third kappa shape index (κ3) is 6.14. The molecule has 1 aromatic heterocycles. The maximum Gasteiger partial charge on any atom is 0.303 e. The minimum atomic E-state index is -0.915. The summed E-state index contributed by atoms with van der Waals surface area (Å²) in [5, 5.41) is 18.7. The van der Waals surface area contributed by atoms with Crippen LogP contribution >= 0.6 is 24.0 Å². The van der Waals surface area contributed by atoms with Crippen molar-refractivity contribution in [2.45, 2.75) is 71.8 Å². The molecular formula is C25H32N4O4S2. The SMILES string of the molecule is CCCCn1c(N2CCCCCC2)c(/C=C2/SC(=S)N(CCCC(=O)O)C2=O)c(C)c(C#N)c1=O. The van der Waals surface area contributed by atoms with Crippen LogP contribution in [0.3, 0.4) is 0 Å². The number of amides is 1. The van der Waals surface area contributed by atoms with Gasteiger partial charge in [0.25, 0.3) is 11.5 Å². The fourth-order valence-corrected chi connectivity index (χ4v) is 5.79. The number of unbranched alkanes of at least 4 members (excludes halogenated alkanes) is 1. The Morgan fingerprint density at radius 2 is 1.86 bits per heavy atom. The highest BCUT2D eigenvalue weighted by atomic mass is 32.2. The van der Waals surface area contributed by atoms with Gasteiger partial charge in [-0.25, -0.2) is 0 Å². The molecule has 0 unspecified atom stereocenters. The lowest BCUT2D eigenvalue weighted by atomic mass is 10.0. The van der Waals surface area contributed by atoms with Gasteiger partial charge in [-0.15, -0.1) is 0 Å². The van der Waals surface area contributed by atoms with E-state index in [1.54, 1.807) is 17.6 Å². The average Bonchev–Trinajstić information content (AvgIpc) is 3.00. The number of nitrogens with zero attached hydrogens (tertiary/aromatic N) is 4. The van der Waals surface area contributed by atoms with Gasteiger partial charge in [0, 0.05) is 38.2 Å². The van der Waals surface area contributed by atoms with Crippen LogP contribution in [-0.4, -0.2) is 50.4 Å². The van der Waals surface area contributed by atoms with Gasteiger partial charge in [-0.2, -0.15) is 5.26 Å². The summed E-state index contributed by atoms with van der Waals surface area (Å²) in [5.74, 6) is -0.406. The van der Waals surface area contributed by atoms with Crippen LogP contribution in [0, 0.1) is 18.3 Å². The number of aromatic nitrogens is 1. The number of aliphatic carboxylic acids is 1. The number of carboxylic acids is 1. The van der Waals surface area contributed by atoms with Crippen molar-refractivity contribution in [3.63, 3.8) is 0 Å². The molecule has 2 aliphatic rings. The van der Waals surface area contributed by atoms with E-state index in [0.717, 1.165) is 57.4 Å². The topological polar surface area (TPSA) is 107 Å². The zero-order chi connectivity index (χ0) is 25.5. The first kappa shape index (κ1) is 27.0. The molecule has 1 amide bonds. The molecule has 188 valence electrons. The average molecular weight is 517 g/mol. The fourth-order valence-electron chi connectivity index (χ4n) is 4.50. The maximum atomic E-state index is 13.4. The van der Waals surface area contributed by atoms with E-state index in [9.17, 15) is 19.6 Å². The second-order valence-electron chi connectivity index (χ2n) is 8.89. The van der Waals surface area contributed by atoms with Crippen molar-refractivity contribution in [3.05, 3.63) is 31.9 Å². The van der Waals surface area contributed by atoms with Crippen molar-refractivity contribution in [3.8, 4) is 6.07 Å². The Labute approximate surface area is 215 Å². The molecule has 0 aromatic carbocycles. The van der Waals surface area contributed by atoms with Crippen LogP contribution in [0.15, 0.2) is 9.70 Å². The van der Waals surface area contributed by atoms with Crippen molar-refractivity contribution < 1.29 is 14.7 Å². The van der Waals surface area contributed by atoms with E-state index < -0.39 is 5.97 Å². The fraction of sp³-hybridized carbons (Fsp3) is 0.560. The predicted octanol–water partition coefficient (Wildman–Crippen LogP) is 4.27. The van der Waals surface area contributed by atoms with Gasteiger partial charge in [0.2, 0.25) is 0 Å². The van der Waals surface area contributed by atoms with E-state index in [-0.39, 0.29) is 30.0 Å². The third-order valence-corrected chi connectivity index (χ3v) is 7.79. The minimum Gasteiger partial charge on any atom is -0.481 e. The molecule has 2 fully saturated rings. The molecule has 3 rings (SSSR count). The second-order valence-corrected chi connectivity index (χ2v) is 10.6. The number of thioether (sulfide) groups is 1. The van der Waals surface area contributed by atoms with Gasteiger partial charge in [0.15, 0.2) is 0 Å². The Morgan fingerprint density at radius 1 is 1.17 bits per heavy atom. The van der Waals surface area contributed by atoms with Crippen molar-refractivity contribution in [2.75, 3.05) is 24.5 Å². The van der Waals surface area contributed by atoms with Gasteiger partial charge in [-0.05, 0) is 44.2 Å². The Morgan fingerprint density at radius 3 is 2.46 bits per heavy atom. The van der Waals surface area contributed by atoms with Crippen molar-refractivity contribution in [1.29, 1.82) is 5.26 Å². The number of carbonyl (C=O) groups is 2. The molecule has 0 bridgehead atoms. The first-order valence-corrected chi connectivity index (χ1v) is 13.4. The molecule has 0 aliphatic carbocycles. The lowest BCUT2D eigenvalue weighted by Crippen LogP contribution is -2.35. The number of hydrogen-bond acceptors (Lipinski definition) is 7. The van der Waals surface area contributed by atoms with Crippen LogP contribution in [0.2, 0.25) is 0 Å². The predicted molar refractivity (Wildman–Crippen MR) is 142 cm³/mol. The van der Waals surface area contributed by atoms with E-state index in [1.807, 2.05) is 0 Å². The molecule has 10 heteroatoms. The Bertz CT molecular complexity index is 1130. The number of carboxylic acid groups (broad SMARTS) is 1. The summed E-state index contributed by atoms with van der Waals surface area (Å²) in [6.07, 6.45) is 8.07. The van der Waals surface area contributed by atoms with Crippen molar-refractivity contribution >= 4 is 52.1 Å². The number of carbonyl (C=O) groups excluding carboxylic acids is 1. The van der Waals surface area contributed by atoms with Crippen LogP contribution in [0.25, 0.3) is 6.08 Å². The minimum absolute atomic E-state index is 0.0394. The summed E-state index contributed by atoms with van der Waals surface area (Å²) in [4.78, 5) is 41.5. The molecule has 0 spiro atoms. The van der Waals surface area contributed by atoms with E-state index >= 15 is 0 Å². The quantitative estimate of drug-likeness (QED) is 0.383. The number of hydrogen-bond donors (Lipinski definition) is 1. The van der Waals surface area contributed by atoms with Crippen LogP contribution < -0.4 is 10.5 Å². The summed E-state index contributed by atoms with van der Waals surface area (Å²) < 4.78 is 2.11. The Balaban J connectivity index is 2.12. The van der Waals surface area contributed by atoms with E-state index in [2.05, 4.69) is 17.9 Å². The molecular weight excluding hydrogens is 484 g/mol.